The molecule has 0 saturated carbocycles. The molecule has 0 unspecified atom stereocenters. The van der Waals surface area contributed by atoms with Gasteiger partial charge in [0.1, 0.15) is 0 Å². The van der Waals surface area contributed by atoms with E-state index in [-0.39, 0.29) is 0 Å². The van der Waals surface area contributed by atoms with Crippen LogP contribution in [0.4, 0.5) is 0 Å². The van der Waals surface area contributed by atoms with E-state index < -0.39 is 10.2 Å². The van der Waals surface area contributed by atoms with Gasteiger partial charge in [-0.3, -0.25) is 4.40 Å². The fourth-order valence-electron chi connectivity index (χ4n) is 0.316. The summed E-state index contributed by atoms with van der Waals surface area (Å²) in [5, 5.41) is 0. The van der Waals surface area contributed by atoms with Crippen molar-refractivity contribution in [3.63, 3.8) is 0 Å². The zero-order valence-electron chi connectivity index (χ0n) is 5.43. The molecule has 0 atom stereocenters. The maximum absolute atomic E-state index is 4.22. The van der Waals surface area contributed by atoms with E-state index in [9.17, 15) is 0 Å². The summed E-state index contributed by atoms with van der Waals surface area (Å²) in [5.74, 6) is 0. The van der Waals surface area contributed by atoms with Gasteiger partial charge in [-0.25, -0.2) is 0 Å². The lowest BCUT2D eigenvalue weighted by atomic mass is 10.9. The first-order valence-corrected chi connectivity index (χ1v) is 5.06. The highest BCUT2D eigenvalue weighted by Crippen LogP contribution is 2.35. The monoisotopic (exact) mass is 119 g/mol. The molecular weight excluding hydrogens is 106 g/mol. The van der Waals surface area contributed by atoms with Crippen molar-refractivity contribution < 1.29 is 0 Å². The Morgan fingerprint density at radius 2 is 1.71 bits per heavy atom. The van der Waals surface area contributed by atoms with Crippen molar-refractivity contribution in [2.24, 2.45) is 4.40 Å². The standard InChI is InChI=1S/C5H13NS/c1-5-6-7(2,3)4/h5H,1-4H3. The highest BCUT2D eigenvalue weighted by molar-refractivity contribution is 8.31. The number of hydrogen-bond acceptors (Lipinski definition) is 1. The summed E-state index contributed by atoms with van der Waals surface area (Å²) in [7, 11) is -0.605. The SMILES string of the molecule is CC=NS(C)(C)C. The minimum Gasteiger partial charge on any atom is -0.251 e. The van der Waals surface area contributed by atoms with E-state index in [0.29, 0.717) is 0 Å². The average Bonchev–Trinajstić information content (AvgIpc) is 1.30. The Labute approximate surface area is 47.3 Å². The second kappa shape index (κ2) is 2.36. The molecule has 0 aromatic heterocycles. The van der Waals surface area contributed by atoms with Gasteiger partial charge < -0.3 is 0 Å². The Morgan fingerprint density at radius 3 is 1.71 bits per heavy atom. The van der Waals surface area contributed by atoms with Crippen molar-refractivity contribution in [3.05, 3.63) is 0 Å². The van der Waals surface area contributed by atoms with E-state index in [2.05, 4.69) is 23.2 Å². The average molecular weight is 119 g/mol. The Morgan fingerprint density at radius 1 is 1.29 bits per heavy atom. The Bertz CT molecular complexity index is 70.6. The molecule has 0 aromatic rings. The van der Waals surface area contributed by atoms with Crippen molar-refractivity contribution in [1.82, 2.24) is 0 Å². The van der Waals surface area contributed by atoms with Crippen molar-refractivity contribution in [1.29, 1.82) is 0 Å². The topological polar surface area (TPSA) is 12.4 Å². The van der Waals surface area contributed by atoms with Crippen LogP contribution in [-0.4, -0.2) is 25.0 Å². The summed E-state index contributed by atoms with van der Waals surface area (Å²) < 4.78 is 4.22. The van der Waals surface area contributed by atoms with Gasteiger partial charge in [0, 0.05) is 6.21 Å². The fraction of sp³-hybridized carbons (Fsp3) is 0.800. The molecule has 0 fully saturated rings. The van der Waals surface area contributed by atoms with Gasteiger partial charge in [-0.1, -0.05) is 0 Å². The van der Waals surface area contributed by atoms with Crippen LogP contribution < -0.4 is 0 Å². The van der Waals surface area contributed by atoms with Gasteiger partial charge in [-0.15, -0.1) is 0 Å². The zero-order chi connectivity index (χ0) is 5.91. The molecule has 0 amide bonds. The Hall–Kier alpha value is 0.0200. The molecule has 0 aliphatic rings. The zero-order valence-corrected chi connectivity index (χ0v) is 6.25. The second-order valence-corrected chi connectivity index (χ2v) is 5.89. The molecule has 2 heteroatoms. The Balaban J connectivity index is 3.56. The normalized spacial score (nSPS) is 15.4. The maximum Gasteiger partial charge on any atom is 0.00754 e. The quantitative estimate of drug-likeness (QED) is 0.466. The van der Waals surface area contributed by atoms with Crippen LogP contribution in [0.3, 0.4) is 0 Å². The van der Waals surface area contributed by atoms with E-state index in [0.717, 1.165) is 0 Å². The fourth-order valence-corrected chi connectivity index (χ4v) is 0.949. The van der Waals surface area contributed by atoms with Gasteiger partial charge in [0.15, 0.2) is 0 Å². The predicted octanol–water partition coefficient (Wildman–Crippen LogP) is 1.69. The van der Waals surface area contributed by atoms with Crippen molar-refractivity contribution in [3.8, 4) is 0 Å². The summed E-state index contributed by atoms with van der Waals surface area (Å²) >= 11 is 0. The molecule has 0 bridgehead atoms. The van der Waals surface area contributed by atoms with Crippen molar-refractivity contribution in [2.75, 3.05) is 18.8 Å². The molecule has 7 heavy (non-hydrogen) atoms. The molecule has 0 N–H and O–H groups in total. The minimum atomic E-state index is -0.605. The molecule has 0 aliphatic carbocycles. The second-order valence-electron chi connectivity index (χ2n) is 2.14. The van der Waals surface area contributed by atoms with E-state index in [4.69, 9.17) is 0 Å². The van der Waals surface area contributed by atoms with Crippen molar-refractivity contribution >= 4 is 16.4 Å². The smallest absolute Gasteiger partial charge is 0.00754 e. The molecule has 0 aromatic carbocycles. The van der Waals surface area contributed by atoms with Crippen LogP contribution in [0.2, 0.25) is 0 Å². The Kier molecular flexibility index (Phi) is 2.37. The summed E-state index contributed by atoms with van der Waals surface area (Å²) in [6, 6.07) is 0. The lowest BCUT2D eigenvalue weighted by Gasteiger charge is -2.17. The van der Waals surface area contributed by atoms with Gasteiger partial charge in [0.25, 0.3) is 0 Å². The lowest BCUT2D eigenvalue weighted by molar-refractivity contribution is 1.79. The van der Waals surface area contributed by atoms with Gasteiger partial charge >= 0.3 is 0 Å². The third-order valence-electron chi connectivity index (χ3n) is 0.422. The maximum atomic E-state index is 4.22. The molecule has 0 rings (SSSR count). The lowest BCUT2D eigenvalue weighted by Crippen LogP contribution is -1.83. The molecule has 1 nitrogen and oxygen atoms in total. The van der Waals surface area contributed by atoms with Crippen LogP contribution >= 0.6 is 10.2 Å². The third kappa shape index (κ3) is 6.02. The highest BCUT2D eigenvalue weighted by Gasteiger charge is 1.93. The summed E-state index contributed by atoms with van der Waals surface area (Å²) in [4.78, 5) is 0. The molecule has 0 saturated heterocycles. The largest absolute Gasteiger partial charge is 0.251 e. The first-order chi connectivity index (χ1) is 3.06. The van der Waals surface area contributed by atoms with Crippen LogP contribution in [0.1, 0.15) is 6.92 Å². The molecule has 0 heterocycles. The van der Waals surface area contributed by atoms with Crippen LogP contribution in [-0.2, 0) is 0 Å². The first kappa shape index (κ1) is 7.02. The van der Waals surface area contributed by atoms with E-state index in [1.165, 1.54) is 0 Å². The van der Waals surface area contributed by atoms with Crippen LogP contribution in [0.15, 0.2) is 4.40 Å². The highest BCUT2D eigenvalue weighted by atomic mass is 32.3. The summed E-state index contributed by atoms with van der Waals surface area (Å²) in [6.07, 6.45) is 8.35. The first-order valence-electron chi connectivity index (χ1n) is 2.24. The molecule has 0 radical (unpaired) electrons. The van der Waals surface area contributed by atoms with Crippen molar-refractivity contribution in [2.45, 2.75) is 6.92 Å². The van der Waals surface area contributed by atoms with Crippen LogP contribution in [0, 0.1) is 0 Å². The number of rotatable bonds is 1. The van der Waals surface area contributed by atoms with Crippen LogP contribution in [0.5, 0.6) is 0 Å². The molecule has 44 valence electrons. The summed E-state index contributed by atoms with van der Waals surface area (Å²) in [6.45, 7) is 1.96. The third-order valence-corrected chi connectivity index (χ3v) is 1.26. The van der Waals surface area contributed by atoms with Crippen LogP contribution in [0.25, 0.3) is 0 Å². The van der Waals surface area contributed by atoms with Gasteiger partial charge in [-0.2, -0.15) is 10.2 Å². The number of hydrogen-bond donors (Lipinski definition) is 0. The van der Waals surface area contributed by atoms with Gasteiger partial charge in [-0.05, 0) is 25.7 Å². The molecular formula is C5H13NS. The summed E-state index contributed by atoms with van der Waals surface area (Å²) in [5.41, 5.74) is 0. The van der Waals surface area contributed by atoms with E-state index >= 15 is 0 Å². The van der Waals surface area contributed by atoms with E-state index in [1.54, 1.807) is 0 Å². The van der Waals surface area contributed by atoms with Gasteiger partial charge in [0.2, 0.25) is 0 Å². The molecule has 0 spiro atoms. The minimum absolute atomic E-state index is 0.605. The predicted molar refractivity (Wildman–Crippen MR) is 39.5 cm³/mol. The van der Waals surface area contributed by atoms with E-state index in [1.807, 2.05) is 13.1 Å². The molecule has 0 aliphatic heterocycles. The van der Waals surface area contributed by atoms with Gasteiger partial charge in [0.05, 0.1) is 0 Å². The number of nitrogens with zero attached hydrogens (tertiary/aromatic N) is 1.